The summed E-state index contributed by atoms with van der Waals surface area (Å²) in [6.07, 6.45) is 3.36. The first-order valence-electron chi connectivity index (χ1n) is 6.13. The molecular formula is C12H16N2O4S. The SMILES string of the molecule is CN(CC1(O)CCCC1)C(=O)c1ccc([N+](=O)[O-])s1. The van der Waals surface area contributed by atoms with E-state index in [1.807, 2.05) is 0 Å². The van der Waals surface area contributed by atoms with Crippen LogP contribution in [0.3, 0.4) is 0 Å². The number of amides is 1. The van der Waals surface area contributed by atoms with E-state index in [0.29, 0.717) is 17.7 Å². The fourth-order valence-electron chi connectivity index (χ4n) is 2.43. The summed E-state index contributed by atoms with van der Waals surface area (Å²) in [5.74, 6) is -0.279. The predicted octanol–water partition coefficient (Wildman–Crippen LogP) is 2.03. The second-order valence-electron chi connectivity index (χ2n) is 4.99. The van der Waals surface area contributed by atoms with E-state index in [1.54, 1.807) is 7.05 Å². The molecule has 0 spiro atoms. The van der Waals surface area contributed by atoms with Crippen molar-refractivity contribution < 1.29 is 14.8 Å². The molecule has 1 amide bonds. The molecule has 104 valence electrons. The van der Waals surface area contributed by atoms with Crippen LogP contribution in [-0.2, 0) is 0 Å². The van der Waals surface area contributed by atoms with Crippen molar-refractivity contribution >= 4 is 22.2 Å². The zero-order valence-electron chi connectivity index (χ0n) is 10.7. The van der Waals surface area contributed by atoms with Crippen LogP contribution in [0.2, 0.25) is 0 Å². The van der Waals surface area contributed by atoms with E-state index in [-0.39, 0.29) is 17.5 Å². The molecule has 0 aromatic carbocycles. The molecule has 0 unspecified atom stereocenters. The smallest absolute Gasteiger partial charge is 0.324 e. The van der Waals surface area contributed by atoms with Gasteiger partial charge in [0, 0.05) is 19.7 Å². The van der Waals surface area contributed by atoms with Crippen molar-refractivity contribution in [2.75, 3.05) is 13.6 Å². The van der Waals surface area contributed by atoms with Crippen molar-refractivity contribution in [2.24, 2.45) is 0 Å². The molecule has 1 fully saturated rings. The zero-order valence-corrected chi connectivity index (χ0v) is 11.5. The maximum Gasteiger partial charge on any atom is 0.324 e. The van der Waals surface area contributed by atoms with Gasteiger partial charge in [0.1, 0.15) is 0 Å². The van der Waals surface area contributed by atoms with Crippen molar-refractivity contribution in [3.05, 3.63) is 27.1 Å². The van der Waals surface area contributed by atoms with Crippen molar-refractivity contribution in [3.63, 3.8) is 0 Å². The number of carbonyl (C=O) groups is 1. The highest BCUT2D eigenvalue weighted by atomic mass is 32.1. The van der Waals surface area contributed by atoms with Gasteiger partial charge >= 0.3 is 5.00 Å². The van der Waals surface area contributed by atoms with E-state index < -0.39 is 10.5 Å². The second-order valence-corrected chi connectivity index (χ2v) is 6.05. The molecule has 0 aliphatic heterocycles. The quantitative estimate of drug-likeness (QED) is 0.677. The van der Waals surface area contributed by atoms with E-state index >= 15 is 0 Å². The third-order valence-electron chi connectivity index (χ3n) is 3.39. The fourth-order valence-corrected chi connectivity index (χ4v) is 3.25. The number of likely N-dealkylation sites (N-methyl/N-ethyl adjacent to an activating group) is 1. The molecule has 1 N–H and O–H groups in total. The Kier molecular flexibility index (Phi) is 3.86. The van der Waals surface area contributed by atoms with Crippen molar-refractivity contribution in [3.8, 4) is 0 Å². The molecule has 1 aromatic rings. The van der Waals surface area contributed by atoms with Gasteiger partial charge in [-0.1, -0.05) is 24.2 Å². The molecule has 2 rings (SSSR count). The third-order valence-corrected chi connectivity index (χ3v) is 4.42. The number of hydrogen-bond acceptors (Lipinski definition) is 5. The maximum absolute atomic E-state index is 12.1. The monoisotopic (exact) mass is 284 g/mol. The average molecular weight is 284 g/mol. The predicted molar refractivity (Wildman–Crippen MR) is 71.4 cm³/mol. The summed E-state index contributed by atoms with van der Waals surface area (Å²) in [6, 6.07) is 2.79. The highest BCUT2D eigenvalue weighted by Crippen LogP contribution is 2.31. The maximum atomic E-state index is 12.1. The first-order valence-corrected chi connectivity index (χ1v) is 6.95. The minimum absolute atomic E-state index is 0.0451. The van der Waals surface area contributed by atoms with E-state index in [9.17, 15) is 20.0 Å². The summed E-state index contributed by atoms with van der Waals surface area (Å²) < 4.78 is 0. The molecule has 1 aliphatic rings. The Bertz CT molecular complexity index is 494. The summed E-state index contributed by atoms with van der Waals surface area (Å²) in [7, 11) is 1.62. The number of rotatable bonds is 4. The average Bonchev–Trinajstić information content (AvgIpc) is 2.97. The Balaban J connectivity index is 2.03. The number of nitro groups is 1. The number of thiophene rings is 1. The van der Waals surface area contributed by atoms with Gasteiger partial charge in [0.15, 0.2) is 0 Å². The van der Waals surface area contributed by atoms with Crippen LogP contribution >= 0.6 is 11.3 Å². The van der Waals surface area contributed by atoms with Gasteiger partial charge in [-0.3, -0.25) is 14.9 Å². The second kappa shape index (κ2) is 5.26. The highest BCUT2D eigenvalue weighted by Gasteiger charge is 2.34. The molecule has 1 heterocycles. The van der Waals surface area contributed by atoms with Crippen LogP contribution in [0.1, 0.15) is 35.4 Å². The zero-order chi connectivity index (χ0) is 14.0. The standard InChI is InChI=1S/C12H16N2O4S/c1-13(8-12(16)6-2-3-7-12)11(15)9-4-5-10(19-9)14(17)18/h4-5,16H,2-3,6-8H2,1H3. The van der Waals surface area contributed by atoms with E-state index in [4.69, 9.17) is 0 Å². The Labute approximate surface area is 114 Å². The van der Waals surface area contributed by atoms with Crippen LogP contribution in [0.5, 0.6) is 0 Å². The molecule has 0 atom stereocenters. The molecule has 0 bridgehead atoms. The molecule has 1 aliphatic carbocycles. The molecule has 6 nitrogen and oxygen atoms in total. The lowest BCUT2D eigenvalue weighted by Gasteiger charge is -2.28. The van der Waals surface area contributed by atoms with Crippen molar-refractivity contribution in [1.82, 2.24) is 4.90 Å². The molecule has 1 aromatic heterocycles. The van der Waals surface area contributed by atoms with Crippen LogP contribution in [-0.4, -0.2) is 40.0 Å². The van der Waals surface area contributed by atoms with Crippen LogP contribution in [0.15, 0.2) is 12.1 Å². The molecular weight excluding hydrogens is 268 g/mol. The van der Waals surface area contributed by atoms with Gasteiger partial charge in [0.2, 0.25) is 0 Å². The van der Waals surface area contributed by atoms with Gasteiger partial charge in [-0.25, -0.2) is 0 Å². The van der Waals surface area contributed by atoms with Crippen LogP contribution in [0.25, 0.3) is 0 Å². The molecule has 7 heteroatoms. The molecule has 0 saturated heterocycles. The lowest BCUT2D eigenvalue weighted by atomic mass is 10.0. The summed E-state index contributed by atoms with van der Waals surface area (Å²) >= 11 is 0.862. The number of carbonyl (C=O) groups excluding carboxylic acids is 1. The third kappa shape index (κ3) is 3.10. The normalized spacial score (nSPS) is 17.4. The van der Waals surface area contributed by atoms with Gasteiger partial charge in [-0.05, 0) is 18.9 Å². The van der Waals surface area contributed by atoms with Gasteiger partial charge in [0.05, 0.1) is 15.4 Å². The molecule has 19 heavy (non-hydrogen) atoms. The number of aliphatic hydroxyl groups is 1. The van der Waals surface area contributed by atoms with Crippen molar-refractivity contribution in [1.29, 1.82) is 0 Å². The largest absolute Gasteiger partial charge is 0.388 e. The summed E-state index contributed by atoms with van der Waals surface area (Å²) in [5, 5.41) is 20.8. The topological polar surface area (TPSA) is 83.7 Å². The number of hydrogen-bond donors (Lipinski definition) is 1. The van der Waals surface area contributed by atoms with Gasteiger partial charge in [0.25, 0.3) is 5.91 Å². The van der Waals surface area contributed by atoms with E-state index in [2.05, 4.69) is 0 Å². The summed E-state index contributed by atoms with van der Waals surface area (Å²) in [4.78, 5) is 24.0. The summed E-state index contributed by atoms with van der Waals surface area (Å²) in [6.45, 7) is 0.275. The first-order chi connectivity index (χ1) is 8.91. The summed E-state index contributed by atoms with van der Waals surface area (Å²) in [5.41, 5.74) is -0.798. The Morgan fingerprint density at radius 1 is 1.53 bits per heavy atom. The van der Waals surface area contributed by atoms with Crippen molar-refractivity contribution in [2.45, 2.75) is 31.3 Å². The van der Waals surface area contributed by atoms with Crippen LogP contribution in [0.4, 0.5) is 5.00 Å². The van der Waals surface area contributed by atoms with Gasteiger partial charge < -0.3 is 10.0 Å². The first kappa shape index (κ1) is 14.0. The lowest BCUT2D eigenvalue weighted by molar-refractivity contribution is -0.380. The molecule has 0 radical (unpaired) electrons. The van der Waals surface area contributed by atoms with Gasteiger partial charge in [-0.2, -0.15) is 0 Å². The molecule has 1 saturated carbocycles. The Morgan fingerprint density at radius 2 is 2.16 bits per heavy atom. The van der Waals surface area contributed by atoms with E-state index in [0.717, 1.165) is 24.2 Å². The fraction of sp³-hybridized carbons (Fsp3) is 0.583. The Morgan fingerprint density at radius 3 is 2.68 bits per heavy atom. The minimum atomic E-state index is -0.798. The Hall–Kier alpha value is -1.47. The number of nitrogens with zero attached hydrogens (tertiary/aromatic N) is 2. The van der Waals surface area contributed by atoms with Crippen LogP contribution in [0, 0.1) is 10.1 Å². The van der Waals surface area contributed by atoms with Crippen LogP contribution < -0.4 is 0 Å². The minimum Gasteiger partial charge on any atom is -0.388 e. The van der Waals surface area contributed by atoms with E-state index in [1.165, 1.54) is 17.0 Å². The lowest BCUT2D eigenvalue weighted by Crippen LogP contribution is -2.41. The van der Waals surface area contributed by atoms with Gasteiger partial charge in [-0.15, -0.1) is 0 Å². The highest BCUT2D eigenvalue weighted by molar-refractivity contribution is 7.17.